The van der Waals surface area contributed by atoms with Gasteiger partial charge in [-0.1, -0.05) is 31.5 Å². The van der Waals surface area contributed by atoms with E-state index in [0.29, 0.717) is 17.5 Å². The number of rotatable bonds is 11. The molecule has 0 aliphatic carbocycles. The molecule has 0 fully saturated rings. The van der Waals surface area contributed by atoms with Crippen molar-refractivity contribution < 1.29 is 14.1 Å². The number of aromatic nitrogens is 4. The van der Waals surface area contributed by atoms with Gasteiger partial charge in [0.15, 0.2) is 0 Å². The lowest BCUT2D eigenvalue weighted by Crippen LogP contribution is -2.42. The maximum atomic E-state index is 13.9. The summed E-state index contributed by atoms with van der Waals surface area (Å²) >= 11 is 0. The molecule has 0 bridgehead atoms. The van der Waals surface area contributed by atoms with Gasteiger partial charge >= 0.3 is 16.9 Å². The summed E-state index contributed by atoms with van der Waals surface area (Å²) in [5.74, 6) is -0.350. The Balaban J connectivity index is 2.02. The predicted octanol–water partition coefficient (Wildman–Crippen LogP) is 2.92. The lowest BCUT2D eigenvalue weighted by Gasteiger charge is -2.13. The molecule has 0 aliphatic heterocycles. The van der Waals surface area contributed by atoms with Gasteiger partial charge in [-0.2, -0.15) is 5.10 Å². The van der Waals surface area contributed by atoms with Gasteiger partial charge in [-0.05, 0) is 24.6 Å². The van der Waals surface area contributed by atoms with Gasteiger partial charge in [-0.15, -0.1) is 0 Å². The number of benzene rings is 1. The summed E-state index contributed by atoms with van der Waals surface area (Å²) in [5, 5.41) is 16.0. The molecule has 0 saturated carbocycles. The third-order valence-corrected chi connectivity index (χ3v) is 5.26. The van der Waals surface area contributed by atoms with Crippen molar-refractivity contribution in [3.8, 4) is 0 Å². The number of nitro groups is 1. The molecule has 0 radical (unpaired) electrons. The fraction of sp³-hybridized carbons (Fsp3) is 0.348. The second kappa shape index (κ2) is 11.3. The fourth-order valence-electron chi connectivity index (χ4n) is 3.48. The monoisotopic (exact) mass is 471 g/mol. The van der Waals surface area contributed by atoms with Gasteiger partial charge in [0.1, 0.15) is 11.5 Å². The van der Waals surface area contributed by atoms with E-state index in [1.165, 1.54) is 40.8 Å². The molecule has 34 heavy (non-hydrogen) atoms. The minimum absolute atomic E-state index is 0.0365. The maximum Gasteiger partial charge on any atom is 0.357 e. The third kappa shape index (κ3) is 5.54. The van der Waals surface area contributed by atoms with Crippen LogP contribution in [-0.2, 0) is 24.4 Å². The Labute approximate surface area is 194 Å². The standard InChI is InChI=1S/C23H26FN5O5/c1-3-4-11-28-22(30)21(29(32)33)20(27(23(28)31)12-13-34-2)10-9-17-14-25-26(15-17)16-18-7-5-6-8-19(18)24/h5-10,14-15H,3-4,11-13,16H2,1-2H3. The van der Waals surface area contributed by atoms with Crippen molar-refractivity contribution in [3.05, 3.63) is 90.2 Å². The number of ether oxygens (including phenoxy) is 1. The normalized spacial score (nSPS) is 11.4. The molecule has 0 unspecified atom stereocenters. The van der Waals surface area contributed by atoms with E-state index in [-0.39, 0.29) is 37.8 Å². The average Bonchev–Trinajstić information content (AvgIpc) is 3.25. The molecule has 2 heterocycles. The van der Waals surface area contributed by atoms with E-state index < -0.39 is 21.9 Å². The molecule has 0 atom stereocenters. The molecule has 11 heteroatoms. The van der Waals surface area contributed by atoms with Crippen LogP contribution in [-0.4, -0.2) is 37.6 Å². The summed E-state index contributed by atoms with van der Waals surface area (Å²) in [4.78, 5) is 36.9. The largest absolute Gasteiger partial charge is 0.383 e. The van der Waals surface area contributed by atoms with Gasteiger partial charge in [0.05, 0.1) is 30.8 Å². The van der Waals surface area contributed by atoms with E-state index in [2.05, 4.69) is 5.10 Å². The first-order chi connectivity index (χ1) is 16.4. The second-order valence-electron chi connectivity index (χ2n) is 7.62. The van der Waals surface area contributed by atoms with Crippen molar-refractivity contribution in [1.29, 1.82) is 0 Å². The summed E-state index contributed by atoms with van der Waals surface area (Å²) in [7, 11) is 1.45. The smallest absolute Gasteiger partial charge is 0.357 e. The second-order valence-corrected chi connectivity index (χ2v) is 7.62. The van der Waals surface area contributed by atoms with Gasteiger partial charge in [-0.3, -0.25) is 28.7 Å². The highest BCUT2D eigenvalue weighted by Crippen LogP contribution is 2.17. The van der Waals surface area contributed by atoms with Crippen molar-refractivity contribution in [2.24, 2.45) is 0 Å². The van der Waals surface area contributed by atoms with Crippen LogP contribution in [0.4, 0.5) is 10.1 Å². The SMILES string of the molecule is CCCCn1c(=O)c([N+](=O)[O-])c(C=Cc2cnn(Cc3ccccc3F)c2)n(CCOC)c1=O. The van der Waals surface area contributed by atoms with Crippen LogP contribution in [0.15, 0.2) is 46.2 Å². The molecule has 0 amide bonds. The van der Waals surface area contributed by atoms with Crippen molar-refractivity contribution >= 4 is 17.8 Å². The van der Waals surface area contributed by atoms with E-state index in [4.69, 9.17) is 4.74 Å². The number of hydrogen-bond acceptors (Lipinski definition) is 6. The number of methoxy groups -OCH3 is 1. The van der Waals surface area contributed by atoms with Crippen LogP contribution in [0, 0.1) is 15.9 Å². The Hall–Kier alpha value is -3.86. The van der Waals surface area contributed by atoms with Crippen molar-refractivity contribution in [2.45, 2.75) is 39.4 Å². The van der Waals surface area contributed by atoms with Crippen LogP contribution in [0.2, 0.25) is 0 Å². The Morgan fingerprint density at radius 2 is 1.94 bits per heavy atom. The summed E-state index contributed by atoms with van der Waals surface area (Å²) in [6, 6.07) is 6.34. The Morgan fingerprint density at radius 1 is 1.18 bits per heavy atom. The number of nitrogens with zero attached hydrogens (tertiary/aromatic N) is 5. The highest BCUT2D eigenvalue weighted by Gasteiger charge is 2.26. The molecule has 3 aromatic rings. The van der Waals surface area contributed by atoms with Gasteiger partial charge in [0.25, 0.3) is 0 Å². The number of unbranched alkanes of at least 4 members (excludes halogenated alkanes) is 1. The van der Waals surface area contributed by atoms with E-state index in [9.17, 15) is 24.1 Å². The highest BCUT2D eigenvalue weighted by molar-refractivity contribution is 5.71. The summed E-state index contributed by atoms with van der Waals surface area (Å²) in [6.07, 6.45) is 7.26. The first-order valence-electron chi connectivity index (χ1n) is 10.8. The van der Waals surface area contributed by atoms with Crippen LogP contribution < -0.4 is 11.2 Å². The van der Waals surface area contributed by atoms with Crippen molar-refractivity contribution in [2.75, 3.05) is 13.7 Å². The van der Waals surface area contributed by atoms with Gasteiger partial charge in [0, 0.05) is 31.0 Å². The Bertz CT molecular complexity index is 1310. The molecule has 180 valence electrons. The molecule has 2 aromatic heterocycles. The van der Waals surface area contributed by atoms with Crippen molar-refractivity contribution in [3.63, 3.8) is 0 Å². The maximum absolute atomic E-state index is 13.9. The number of hydrogen-bond donors (Lipinski definition) is 0. The molecule has 1 aromatic carbocycles. The first-order valence-corrected chi connectivity index (χ1v) is 10.8. The lowest BCUT2D eigenvalue weighted by molar-refractivity contribution is -0.387. The van der Waals surface area contributed by atoms with E-state index >= 15 is 0 Å². The van der Waals surface area contributed by atoms with Crippen LogP contribution in [0.1, 0.15) is 36.6 Å². The van der Waals surface area contributed by atoms with Gasteiger partial charge in [-0.25, -0.2) is 9.18 Å². The van der Waals surface area contributed by atoms with Crippen LogP contribution in [0.5, 0.6) is 0 Å². The van der Waals surface area contributed by atoms with E-state index in [1.807, 2.05) is 6.92 Å². The quantitative estimate of drug-likeness (QED) is 0.314. The van der Waals surface area contributed by atoms with Crippen molar-refractivity contribution in [1.82, 2.24) is 18.9 Å². The molecule has 10 nitrogen and oxygen atoms in total. The predicted molar refractivity (Wildman–Crippen MR) is 125 cm³/mol. The summed E-state index contributed by atoms with van der Waals surface area (Å²) < 4.78 is 22.6. The topological polar surface area (TPSA) is 114 Å². The van der Waals surface area contributed by atoms with E-state index in [0.717, 1.165) is 11.0 Å². The zero-order chi connectivity index (χ0) is 24.7. The molecule has 0 spiro atoms. The Morgan fingerprint density at radius 3 is 2.62 bits per heavy atom. The minimum Gasteiger partial charge on any atom is -0.383 e. The van der Waals surface area contributed by atoms with Crippen LogP contribution >= 0.6 is 0 Å². The molecular formula is C23H26FN5O5. The zero-order valence-electron chi connectivity index (χ0n) is 19.0. The first kappa shape index (κ1) is 24.8. The molecular weight excluding hydrogens is 445 g/mol. The molecule has 0 aliphatic rings. The van der Waals surface area contributed by atoms with Crippen LogP contribution in [0.25, 0.3) is 12.2 Å². The van der Waals surface area contributed by atoms with Gasteiger partial charge < -0.3 is 4.74 Å². The average molecular weight is 471 g/mol. The lowest BCUT2D eigenvalue weighted by atomic mass is 10.2. The van der Waals surface area contributed by atoms with Gasteiger partial charge in [0.2, 0.25) is 0 Å². The van der Waals surface area contributed by atoms with E-state index in [1.54, 1.807) is 24.4 Å². The fourth-order valence-corrected chi connectivity index (χ4v) is 3.48. The molecule has 0 saturated heterocycles. The zero-order valence-corrected chi connectivity index (χ0v) is 19.0. The summed E-state index contributed by atoms with van der Waals surface area (Å²) in [5.41, 5.74) is -1.34. The van der Waals surface area contributed by atoms with Crippen LogP contribution in [0.3, 0.4) is 0 Å². The number of halogens is 1. The summed E-state index contributed by atoms with van der Waals surface area (Å²) in [6.45, 7) is 2.35. The third-order valence-electron chi connectivity index (χ3n) is 5.26. The minimum atomic E-state index is -0.938. The Kier molecular flexibility index (Phi) is 8.25. The highest BCUT2D eigenvalue weighted by atomic mass is 19.1. The molecule has 0 N–H and O–H groups in total. The molecule has 3 rings (SSSR count).